The lowest BCUT2D eigenvalue weighted by Gasteiger charge is -2.08. The average Bonchev–Trinajstić information content (AvgIpc) is 2.83. The molecule has 17 heavy (non-hydrogen) atoms. The van der Waals surface area contributed by atoms with Crippen molar-refractivity contribution >= 4 is 22.7 Å². The van der Waals surface area contributed by atoms with Crippen LogP contribution in [0.25, 0.3) is 10.9 Å². The summed E-state index contributed by atoms with van der Waals surface area (Å²) in [4.78, 5) is 26.3. The lowest BCUT2D eigenvalue weighted by Crippen LogP contribution is -2.22. The van der Waals surface area contributed by atoms with Gasteiger partial charge in [-0.3, -0.25) is 9.59 Å². The second kappa shape index (κ2) is 4.41. The maximum Gasteiger partial charge on any atom is 0.316 e. The molecule has 2 rings (SSSR count). The van der Waals surface area contributed by atoms with E-state index >= 15 is 0 Å². The Morgan fingerprint density at radius 1 is 1.29 bits per heavy atom. The number of aromatic nitrogens is 1. The molecule has 1 unspecified atom stereocenters. The van der Waals surface area contributed by atoms with Crippen molar-refractivity contribution in [3.8, 4) is 0 Å². The minimum absolute atomic E-state index is 0.222. The summed E-state index contributed by atoms with van der Waals surface area (Å²) in [6, 6.07) is 7.19. The van der Waals surface area contributed by atoms with E-state index in [0.717, 1.165) is 10.9 Å². The maximum atomic E-state index is 12.0. The third-order valence-corrected chi connectivity index (χ3v) is 2.79. The van der Waals surface area contributed by atoms with Crippen LogP contribution in [-0.2, 0) is 9.53 Å². The second-order valence-electron chi connectivity index (χ2n) is 3.89. The van der Waals surface area contributed by atoms with Gasteiger partial charge in [-0.15, -0.1) is 0 Å². The van der Waals surface area contributed by atoms with Crippen LogP contribution in [0.4, 0.5) is 0 Å². The highest BCUT2D eigenvalue weighted by atomic mass is 16.5. The normalized spacial score (nSPS) is 12.4. The lowest BCUT2D eigenvalue weighted by atomic mass is 9.98. The number of benzene rings is 1. The number of nitrogens with one attached hydrogen (secondary N) is 1. The Morgan fingerprint density at radius 2 is 2.06 bits per heavy atom. The Morgan fingerprint density at radius 3 is 2.76 bits per heavy atom. The highest BCUT2D eigenvalue weighted by molar-refractivity contribution is 6.09. The molecular weight excluding hydrogens is 218 g/mol. The number of ketones is 1. The van der Waals surface area contributed by atoms with Gasteiger partial charge in [0.1, 0.15) is 5.92 Å². The van der Waals surface area contributed by atoms with Crippen molar-refractivity contribution in [3.63, 3.8) is 0 Å². The predicted octanol–water partition coefficient (Wildman–Crippen LogP) is 2.16. The van der Waals surface area contributed by atoms with Crippen LogP contribution in [0.5, 0.6) is 0 Å². The van der Waals surface area contributed by atoms with Gasteiger partial charge in [0.25, 0.3) is 0 Å². The Labute approximate surface area is 98.6 Å². The van der Waals surface area contributed by atoms with Gasteiger partial charge in [0.2, 0.25) is 0 Å². The number of methoxy groups -OCH3 is 1. The van der Waals surface area contributed by atoms with E-state index in [9.17, 15) is 9.59 Å². The number of ether oxygens (including phenoxy) is 1. The molecule has 4 nitrogen and oxygen atoms in total. The summed E-state index contributed by atoms with van der Waals surface area (Å²) in [5.74, 6) is -1.50. The Bertz CT molecular complexity index is 571. The molecule has 0 amide bonds. The zero-order valence-electron chi connectivity index (χ0n) is 9.69. The molecule has 0 aliphatic carbocycles. The highest BCUT2D eigenvalue weighted by Gasteiger charge is 2.23. The summed E-state index contributed by atoms with van der Waals surface area (Å²) in [6.07, 6.45) is 1.81. The molecule has 0 bridgehead atoms. The van der Waals surface area contributed by atoms with Gasteiger partial charge in [0.15, 0.2) is 5.78 Å². The minimum Gasteiger partial charge on any atom is -0.468 e. The summed E-state index contributed by atoms with van der Waals surface area (Å²) in [5.41, 5.74) is 1.49. The third-order valence-electron chi connectivity index (χ3n) is 2.79. The van der Waals surface area contributed by atoms with Crippen LogP contribution in [0.1, 0.15) is 17.3 Å². The van der Waals surface area contributed by atoms with Crippen LogP contribution in [0.2, 0.25) is 0 Å². The standard InChI is InChI=1S/C13H13NO3/c1-8(13(16)17-2)12(15)10-3-4-11-9(7-10)5-6-14-11/h3-8,14H,1-2H3. The molecule has 0 saturated carbocycles. The van der Waals surface area contributed by atoms with E-state index in [4.69, 9.17) is 0 Å². The van der Waals surface area contributed by atoms with Crippen LogP contribution >= 0.6 is 0 Å². The lowest BCUT2D eigenvalue weighted by molar-refractivity contribution is -0.143. The molecule has 4 heteroatoms. The van der Waals surface area contributed by atoms with Crippen LogP contribution in [0.3, 0.4) is 0 Å². The molecule has 0 aliphatic rings. The third kappa shape index (κ3) is 2.06. The number of fused-ring (bicyclic) bond motifs is 1. The molecule has 1 aromatic carbocycles. The number of carbonyl (C=O) groups is 2. The first kappa shape index (κ1) is 11.4. The van der Waals surface area contributed by atoms with E-state index in [2.05, 4.69) is 9.72 Å². The molecular formula is C13H13NO3. The number of Topliss-reactive ketones (excluding diaryl/α,β-unsaturated/α-hetero) is 1. The van der Waals surface area contributed by atoms with Crippen molar-refractivity contribution in [1.82, 2.24) is 4.98 Å². The van der Waals surface area contributed by atoms with Crippen molar-refractivity contribution in [2.24, 2.45) is 5.92 Å². The zero-order valence-corrected chi connectivity index (χ0v) is 9.69. The van der Waals surface area contributed by atoms with Gasteiger partial charge in [-0.25, -0.2) is 0 Å². The maximum absolute atomic E-state index is 12.0. The second-order valence-corrected chi connectivity index (χ2v) is 3.89. The summed E-state index contributed by atoms with van der Waals surface area (Å²) in [5, 5.41) is 0.952. The van der Waals surface area contributed by atoms with Gasteiger partial charge in [-0.1, -0.05) is 0 Å². The molecule has 0 aliphatic heterocycles. The summed E-state index contributed by atoms with van der Waals surface area (Å²) in [6.45, 7) is 1.55. The van der Waals surface area contributed by atoms with Crippen molar-refractivity contribution in [1.29, 1.82) is 0 Å². The number of hydrogen-bond acceptors (Lipinski definition) is 3. The summed E-state index contributed by atoms with van der Waals surface area (Å²) in [7, 11) is 1.28. The number of carbonyl (C=O) groups excluding carboxylic acids is 2. The van der Waals surface area contributed by atoms with Gasteiger partial charge in [0, 0.05) is 22.7 Å². The van der Waals surface area contributed by atoms with E-state index in [1.165, 1.54) is 7.11 Å². The Balaban J connectivity index is 2.32. The molecule has 1 atom stereocenters. The number of aromatic amines is 1. The van der Waals surface area contributed by atoms with E-state index in [1.807, 2.05) is 18.3 Å². The molecule has 0 saturated heterocycles. The average molecular weight is 231 g/mol. The van der Waals surface area contributed by atoms with Crippen LogP contribution in [-0.4, -0.2) is 23.8 Å². The van der Waals surface area contributed by atoms with E-state index in [1.54, 1.807) is 19.1 Å². The smallest absolute Gasteiger partial charge is 0.316 e. The van der Waals surface area contributed by atoms with Crippen LogP contribution < -0.4 is 0 Å². The highest BCUT2D eigenvalue weighted by Crippen LogP contribution is 2.17. The largest absolute Gasteiger partial charge is 0.468 e. The van der Waals surface area contributed by atoms with Gasteiger partial charge in [-0.2, -0.15) is 0 Å². The summed E-state index contributed by atoms with van der Waals surface area (Å²) >= 11 is 0. The first-order chi connectivity index (χ1) is 8.13. The summed E-state index contributed by atoms with van der Waals surface area (Å²) < 4.78 is 4.56. The van der Waals surface area contributed by atoms with Crippen molar-refractivity contribution < 1.29 is 14.3 Å². The molecule has 0 fully saturated rings. The zero-order chi connectivity index (χ0) is 12.4. The molecule has 0 radical (unpaired) electrons. The van der Waals surface area contributed by atoms with Gasteiger partial charge < -0.3 is 9.72 Å². The SMILES string of the molecule is COC(=O)C(C)C(=O)c1ccc2[nH]ccc2c1. The fourth-order valence-corrected chi connectivity index (χ4v) is 1.74. The van der Waals surface area contributed by atoms with Crippen LogP contribution in [0.15, 0.2) is 30.5 Å². The number of rotatable bonds is 3. The fraction of sp³-hybridized carbons (Fsp3) is 0.231. The number of H-pyrrole nitrogens is 1. The number of hydrogen-bond donors (Lipinski definition) is 1. The molecule has 1 N–H and O–H groups in total. The first-order valence-electron chi connectivity index (χ1n) is 5.32. The number of esters is 1. The molecule has 0 spiro atoms. The quantitative estimate of drug-likeness (QED) is 0.500. The molecule has 1 aromatic heterocycles. The van der Waals surface area contributed by atoms with E-state index in [-0.39, 0.29) is 5.78 Å². The fourth-order valence-electron chi connectivity index (χ4n) is 1.74. The molecule has 88 valence electrons. The first-order valence-corrected chi connectivity index (χ1v) is 5.32. The Kier molecular flexibility index (Phi) is 2.95. The van der Waals surface area contributed by atoms with Gasteiger partial charge in [0.05, 0.1) is 7.11 Å². The Hall–Kier alpha value is -2.10. The topological polar surface area (TPSA) is 59.2 Å². The van der Waals surface area contributed by atoms with Crippen molar-refractivity contribution in [3.05, 3.63) is 36.0 Å². The van der Waals surface area contributed by atoms with Crippen molar-refractivity contribution in [2.45, 2.75) is 6.92 Å². The minimum atomic E-state index is -0.767. The predicted molar refractivity (Wildman–Crippen MR) is 63.8 cm³/mol. The molecule has 1 heterocycles. The van der Waals surface area contributed by atoms with Gasteiger partial charge in [-0.05, 0) is 31.2 Å². The van der Waals surface area contributed by atoms with E-state index < -0.39 is 11.9 Å². The van der Waals surface area contributed by atoms with E-state index in [0.29, 0.717) is 5.56 Å². The van der Waals surface area contributed by atoms with Crippen LogP contribution in [0, 0.1) is 5.92 Å². The van der Waals surface area contributed by atoms with Gasteiger partial charge >= 0.3 is 5.97 Å². The van der Waals surface area contributed by atoms with Crippen molar-refractivity contribution in [2.75, 3.05) is 7.11 Å². The molecule has 2 aromatic rings. The monoisotopic (exact) mass is 231 g/mol.